The maximum atomic E-state index is 12.4. The van der Waals surface area contributed by atoms with Gasteiger partial charge in [0.1, 0.15) is 18.2 Å². The Morgan fingerprint density at radius 2 is 1.80 bits per heavy atom. The Bertz CT molecular complexity index is 1040. The van der Waals surface area contributed by atoms with Crippen molar-refractivity contribution >= 4 is 21.8 Å². The van der Waals surface area contributed by atoms with Gasteiger partial charge in [-0.25, -0.2) is 13.2 Å². The monoisotopic (exact) mass is 430 g/mol. The molecular formula is C22H26N2O5S. The van der Waals surface area contributed by atoms with Gasteiger partial charge in [-0.1, -0.05) is 25.5 Å². The number of esters is 1. The van der Waals surface area contributed by atoms with Gasteiger partial charge in [0.05, 0.1) is 22.6 Å². The van der Waals surface area contributed by atoms with Crippen molar-refractivity contribution in [1.82, 2.24) is 4.72 Å². The third-order valence-corrected chi connectivity index (χ3v) is 5.89. The van der Waals surface area contributed by atoms with Gasteiger partial charge < -0.3 is 9.47 Å². The van der Waals surface area contributed by atoms with Gasteiger partial charge in [-0.2, -0.15) is 0 Å². The highest BCUT2D eigenvalue weighted by Gasteiger charge is 2.32. The number of hydrogen-bond acceptors (Lipinski definition) is 6. The van der Waals surface area contributed by atoms with Crippen LogP contribution in [0.25, 0.3) is 0 Å². The molecule has 0 bridgehead atoms. The number of benzene rings is 2. The van der Waals surface area contributed by atoms with E-state index in [1.54, 1.807) is 56.3 Å². The second kappa shape index (κ2) is 8.87. The molecule has 7 nitrogen and oxygen atoms in total. The molecule has 3 rings (SSSR count). The number of fused-ring (bicyclic) bond motifs is 1. The lowest BCUT2D eigenvalue weighted by Gasteiger charge is -2.20. The van der Waals surface area contributed by atoms with Gasteiger partial charge in [0.15, 0.2) is 0 Å². The lowest BCUT2D eigenvalue weighted by molar-refractivity contribution is 0.0435. The molecule has 1 heterocycles. The van der Waals surface area contributed by atoms with Crippen LogP contribution in [0.2, 0.25) is 0 Å². The van der Waals surface area contributed by atoms with Crippen molar-refractivity contribution in [1.29, 1.82) is 0 Å². The summed E-state index contributed by atoms with van der Waals surface area (Å²) in [5, 5.41) is 0. The summed E-state index contributed by atoms with van der Waals surface area (Å²) in [5.41, 5.74) is 0.0949. The summed E-state index contributed by atoms with van der Waals surface area (Å²) >= 11 is 0. The molecule has 0 amide bonds. The summed E-state index contributed by atoms with van der Waals surface area (Å²) in [6.07, 6.45) is 2.03. The molecule has 0 fully saturated rings. The van der Waals surface area contributed by atoms with Crippen molar-refractivity contribution in [3.8, 4) is 5.75 Å². The molecule has 0 radical (unpaired) electrons. The summed E-state index contributed by atoms with van der Waals surface area (Å²) in [6.45, 7) is 6.27. The third-order valence-electron chi connectivity index (χ3n) is 4.49. The van der Waals surface area contributed by atoms with E-state index < -0.39 is 21.5 Å². The predicted octanol–water partition coefficient (Wildman–Crippen LogP) is 3.54. The molecule has 0 aromatic heterocycles. The summed E-state index contributed by atoms with van der Waals surface area (Å²) in [6, 6.07) is 13.4. The first-order valence-corrected chi connectivity index (χ1v) is 11.3. The normalized spacial score (nSPS) is 16.0. The molecule has 0 saturated heterocycles. The first-order valence-electron chi connectivity index (χ1n) is 9.84. The number of rotatable bonds is 8. The fourth-order valence-corrected chi connectivity index (χ4v) is 4.13. The van der Waals surface area contributed by atoms with Crippen LogP contribution in [0.15, 0.2) is 58.4 Å². The van der Waals surface area contributed by atoms with Crippen molar-refractivity contribution in [3.05, 3.63) is 59.7 Å². The highest BCUT2D eigenvalue weighted by atomic mass is 32.2. The molecular weight excluding hydrogens is 404 g/mol. The van der Waals surface area contributed by atoms with Crippen LogP contribution in [0.4, 0.5) is 0 Å². The van der Waals surface area contributed by atoms with E-state index in [0.717, 1.165) is 12.8 Å². The van der Waals surface area contributed by atoms with Crippen molar-refractivity contribution < 1.29 is 22.7 Å². The molecule has 0 atom stereocenters. The molecule has 0 aliphatic carbocycles. The van der Waals surface area contributed by atoms with Crippen molar-refractivity contribution in [3.63, 3.8) is 0 Å². The molecule has 30 heavy (non-hydrogen) atoms. The summed E-state index contributed by atoms with van der Waals surface area (Å²) in [7, 11) is -3.61. The molecule has 2 aromatic rings. The number of carbonyl (C=O) groups is 1. The Morgan fingerprint density at radius 3 is 2.50 bits per heavy atom. The zero-order chi connectivity index (χ0) is 21.8. The Labute approximate surface area is 177 Å². The average molecular weight is 431 g/mol. The number of nitrogens with one attached hydrogen (secondary N) is 1. The van der Waals surface area contributed by atoms with Crippen LogP contribution in [0.5, 0.6) is 5.75 Å². The highest BCUT2D eigenvalue weighted by Crippen LogP contribution is 2.24. The zero-order valence-electron chi connectivity index (χ0n) is 17.3. The van der Waals surface area contributed by atoms with Crippen LogP contribution in [-0.4, -0.2) is 39.0 Å². The van der Waals surface area contributed by atoms with Crippen LogP contribution in [0, 0.1) is 0 Å². The fraction of sp³-hybridized carbons (Fsp3) is 0.364. The molecule has 1 N–H and O–H groups in total. The van der Waals surface area contributed by atoms with Gasteiger partial charge in [0.2, 0.25) is 0 Å². The van der Waals surface area contributed by atoms with Gasteiger partial charge in [0, 0.05) is 5.56 Å². The van der Waals surface area contributed by atoms with Gasteiger partial charge in [-0.3, -0.25) is 9.71 Å². The lowest BCUT2D eigenvalue weighted by Crippen LogP contribution is -2.31. The van der Waals surface area contributed by atoms with Crippen molar-refractivity contribution in [2.75, 3.05) is 13.2 Å². The average Bonchev–Trinajstić information content (AvgIpc) is 2.97. The SMILES string of the molecule is CCCCOc1ccc(C(=O)OCC(C)(C)N=C2NS(=O)(=O)c3ccccc32)cc1. The van der Waals surface area contributed by atoms with E-state index in [4.69, 9.17) is 9.47 Å². The number of carbonyl (C=O) groups excluding carboxylic acids is 1. The largest absolute Gasteiger partial charge is 0.494 e. The van der Waals surface area contributed by atoms with E-state index in [-0.39, 0.29) is 17.3 Å². The molecule has 0 unspecified atom stereocenters. The Balaban J connectivity index is 1.64. The molecule has 2 aromatic carbocycles. The zero-order valence-corrected chi connectivity index (χ0v) is 18.2. The topological polar surface area (TPSA) is 94.1 Å². The number of ether oxygens (including phenoxy) is 2. The maximum absolute atomic E-state index is 12.4. The van der Waals surface area contributed by atoms with E-state index in [0.29, 0.717) is 23.5 Å². The van der Waals surface area contributed by atoms with Crippen LogP contribution >= 0.6 is 0 Å². The van der Waals surface area contributed by atoms with Gasteiger partial charge >= 0.3 is 5.97 Å². The smallest absolute Gasteiger partial charge is 0.338 e. The standard InChI is InChI=1S/C22H26N2O5S/c1-4-5-14-28-17-12-10-16(11-13-17)21(25)29-15-22(2,3)23-20-18-8-6-7-9-19(18)30(26,27)24-20/h6-13H,4-5,14-15H2,1-3H3,(H,23,24). The van der Waals surface area contributed by atoms with Crippen LogP contribution < -0.4 is 9.46 Å². The molecule has 160 valence electrons. The minimum Gasteiger partial charge on any atom is -0.494 e. The number of hydrogen-bond donors (Lipinski definition) is 1. The first-order chi connectivity index (χ1) is 14.2. The van der Waals surface area contributed by atoms with Gasteiger partial charge in [-0.05, 0) is 56.7 Å². The Morgan fingerprint density at radius 1 is 1.10 bits per heavy atom. The number of unbranched alkanes of at least 4 members (excludes halogenated alkanes) is 1. The van der Waals surface area contributed by atoms with Crippen LogP contribution in [0.1, 0.15) is 49.5 Å². The molecule has 1 aliphatic rings. The predicted molar refractivity (Wildman–Crippen MR) is 115 cm³/mol. The second-order valence-electron chi connectivity index (χ2n) is 7.68. The first kappa shape index (κ1) is 21.8. The number of amidine groups is 1. The fourth-order valence-electron chi connectivity index (χ4n) is 2.90. The number of aliphatic imine (C=N–C) groups is 1. The number of nitrogens with zero attached hydrogens (tertiary/aromatic N) is 1. The third kappa shape index (κ3) is 5.18. The Kier molecular flexibility index (Phi) is 6.45. The van der Waals surface area contributed by atoms with Crippen molar-refractivity contribution in [2.45, 2.75) is 44.0 Å². The van der Waals surface area contributed by atoms with Gasteiger partial charge in [0.25, 0.3) is 10.0 Å². The number of sulfonamides is 1. The van der Waals surface area contributed by atoms with E-state index in [2.05, 4.69) is 16.6 Å². The summed E-state index contributed by atoms with van der Waals surface area (Å²) in [5.74, 6) is 0.481. The quantitative estimate of drug-likeness (QED) is 0.511. The van der Waals surface area contributed by atoms with Crippen LogP contribution in [-0.2, 0) is 14.8 Å². The second-order valence-corrected chi connectivity index (χ2v) is 9.33. The minimum absolute atomic E-state index is 0.00597. The van der Waals surface area contributed by atoms with E-state index in [9.17, 15) is 13.2 Å². The highest BCUT2D eigenvalue weighted by molar-refractivity contribution is 7.90. The lowest BCUT2D eigenvalue weighted by atomic mass is 10.1. The summed E-state index contributed by atoms with van der Waals surface area (Å²) in [4.78, 5) is 17.1. The molecule has 0 saturated carbocycles. The van der Waals surface area contributed by atoms with Crippen LogP contribution in [0.3, 0.4) is 0 Å². The molecule has 1 aliphatic heterocycles. The maximum Gasteiger partial charge on any atom is 0.338 e. The van der Waals surface area contributed by atoms with E-state index in [1.807, 2.05) is 0 Å². The summed E-state index contributed by atoms with van der Waals surface area (Å²) < 4.78 is 37.9. The van der Waals surface area contributed by atoms with Gasteiger partial charge in [-0.15, -0.1) is 0 Å². The molecule has 8 heteroatoms. The minimum atomic E-state index is -3.61. The van der Waals surface area contributed by atoms with E-state index >= 15 is 0 Å². The molecule has 0 spiro atoms. The van der Waals surface area contributed by atoms with Crippen molar-refractivity contribution in [2.24, 2.45) is 4.99 Å². The Hall–Kier alpha value is -2.87. The van der Waals surface area contributed by atoms with E-state index in [1.165, 1.54) is 6.07 Å².